The lowest BCUT2D eigenvalue weighted by atomic mass is 9.97. The zero-order chi connectivity index (χ0) is 20.4. The SMILES string of the molecule is COc1ccc(F)c(-c2onc(CO[Si](C)(C)C(C)(C)C)c2CC(C)C)c1. The van der Waals surface area contributed by atoms with Crippen molar-refractivity contribution < 1.29 is 18.1 Å². The molecule has 0 aliphatic rings. The molecule has 0 aliphatic carbocycles. The molecule has 0 fully saturated rings. The van der Waals surface area contributed by atoms with Crippen molar-refractivity contribution >= 4 is 8.32 Å². The topological polar surface area (TPSA) is 44.5 Å². The summed E-state index contributed by atoms with van der Waals surface area (Å²) in [6, 6.07) is 4.64. The summed E-state index contributed by atoms with van der Waals surface area (Å²) in [7, 11) is -0.362. The maximum absolute atomic E-state index is 14.5. The van der Waals surface area contributed by atoms with Crippen molar-refractivity contribution in [1.82, 2.24) is 5.16 Å². The van der Waals surface area contributed by atoms with Crippen LogP contribution in [0.2, 0.25) is 18.1 Å². The van der Waals surface area contributed by atoms with Crippen LogP contribution in [0.4, 0.5) is 4.39 Å². The predicted molar refractivity (Wildman–Crippen MR) is 109 cm³/mol. The van der Waals surface area contributed by atoms with Crippen molar-refractivity contribution in [2.75, 3.05) is 7.11 Å². The van der Waals surface area contributed by atoms with Crippen LogP contribution in [0.1, 0.15) is 45.9 Å². The van der Waals surface area contributed by atoms with Crippen LogP contribution in [0, 0.1) is 11.7 Å². The standard InChI is InChI=1S/C21H32FNO3Si/c1-14(2)11-17-19(13-25-27(7,8)21(3,4)5)23-26-20(17)16-12-15(24-6)9-10-18(16)22/h9-10,12,14H,11,13H2,1-8H3. The van der Waals surface area contributed by atoms with Crippen LogP contribution in [0.3, 0.4) is 0 Å². The molecule has 1 aromatic heterocycles. The van der Waals surface area contributed by atoms with Gasteiger partial charge >= 0.3 is 0 Å². The van der Waals surface area contributed by atoms with Gasteiger partial charge in [0.25, 0.3) is 0 Å². The van der Waals surface area contributed by atoms with Gasteiger partial charge in [-0.15, -0.1) is 0 Å². The van der Waals surface area contributed by atoms with Crippen molar-refractivity contribution in [3.63, 3.8) is 0 Å². The first kappa shape index (κ1) is 21.6. The molecular formula is C21H32FNO3Si. The van der Waals surface area contributed by atoms with Gasteiger partial charge in [-0.3, -0.25) is 0 Å². The molecule has 27 heavy (non-hydrogen) atoms. The van der Waals surface area contributed by atoms with E-state index in [9.17, 15) is 4.39 Å². The van der Waals surface area contributed by atoms with Crippen LogP contribution in [0.15, 0.2) is 22.7 Å². The fraction of sp³-hybridized carbons (Fsp3) is 0.571. The van der Waals surface area contributed by atoms with Crippen LogP contribution in [-0.4, -0.2) is 20.6 Å². The maximum Gasteiger partial charge on any atom is 0.192 e. The number of nitrogens with zero attached hydrogens (tertiary/aromatic N) is 1. The van der Waals surface area contributed by atoms with Gasteiger partial charge in [0.2, 0.25) is 0 Å². The van der Waals surface area contributed by atoms with Gasteiger partial charge in [0, 0.05) is 5.56 Å². The van der Waals surface area contributed by atoms with Gasteiger partial charge in [0.05, 0.1) is 19.3 Å². The smallest absolute Gasteiger partial charge is 0.192 e. The Kier molecular flexibility index (Phi) is 6.53. The number of aromatic nitrogens is 1. The van der Waals surface area contributed by atoms with E-state index in [2.05, 4.69) is 52.9 Å². The Bertz CT molecular complexity index is 778. The molecule has 0 unspecified atom stereocenters. The molecule has 0 spiro atoms. The summed E-state index contributed by atoms with van der Waals surface area (Å²) in [5, 5.41) is 4.35. The Labute approximate surface area is 163 Å². The average molecular weight is 394 g/mol. The van der Waals surface area contributed by atoms with Gasteiger partial charge in [-0.1, -0.05) is 39.8 Å². The van der Waals surface area contributed by atoms with Crippen molar-refractivity contribution in [3.8, 4) is 17.1 Å². The molecule has 4 nitrogen and oxygen atoms in total. The highest BCUT2D eigenvalue weighted by atomic mass is 28.4. The summed E-state index contributed by atoms with van der Waals surface area (Å²) >= 11 is 0. The summed E-state index contributed by atoms with van der Waals surface area (Å²) in [4.78, 5) is 0. The number of hydrogen-bond acceptors (Lipinski definition) is 4. The monoisotopic (exact) mass is 393 g/mol. The number of halogens is 1. The molecule has 6 heteroatoms. The van der Waals surface area contributed by atoms with Gasteiger partial charge in [0.1, 0.15) is 17.3 Å². The summed E-state index contributed by atoms with van der Waals surface area (Å²) in [5.41, 5.74) is 2.04. The second-order valence-electron chi connectivity index (χ2n) is 8.93. The van der Waals surface area contributed by atoms with E-state index in [-0.39, 0.29) is 10.9 Å². The molecule has 0 saturated carbocycles. The third-order valence-electron chi connectivity index (χ3n) is 5.28. The third kappa shape index (κ3) is 4.99. The molecule has 0 atom stereocenters. The first-order valence-electron chi connectivity index (χ1n) is 9.41. The molecular weight excluding hydrogens is 361 g/mol. The fourth-order valence-corrected chi connectivity index (χ4v) is 3.49. The van der Waals surface area contributed by atoms with Gasteiger partial charge in [-0.25, -0.2) is 4.39 Å². The fourth-order valence-electron chi connectivity index (χ4n) is 2.56. The molecule has 1 aromatic carbocycles. The highest BCUT2D eigenvalue weighted by molar-refractivity contribution is 6.74. The Morgan fingerprint density at radius 1 is 1.22 bits per heavy atom. The van der Waals surface area contributed by atoms with E-state index in [1.165, 1.54) is 6.07 Å². The van der Waals surface area contributed by atoms with E-state index < -0.39 is 8.32 Å². The zero-order valence-electron chi connectivity index (χ0n) is 17.8. The lowest BCUT2D eigenvalue weighted by Gasteiger charge is -2.35. The number of ether oxygens (including phenoxy) is 1. The number of methoxy groups -OCH3 is 1. The summed E-state index contributed by atoms with van der Waals surface area (Å²) in [6.07, 6.45) is 0.742. The zero-order valence-corrected chi connectivity index (χ0v) is 18.8. The highest BCUT2D eigenvalue weighted by Gasteiger charge is 2.37. The molecule has 0 bridgehead atoms. The minimum atomic E-state index is -1.92. The van der Waals surface area contributed by atoms with E-state index in [1.807, 2.05) is 0 Å². The highest BCUT2D eigenvalue weighted by Crippen LogP contribution is 2.38. The van der Waals surface area contributed by atoms with Gasteiger partial charge < -0.3 is 13.7 Å². The van der Waals surface area contributed by atoms with E-state index in [1.54, 1.807) is 19.2 Å². The first-order valence-corrected chi connectivity index (χ1v) is 12.3. The second-order valence-corrected chi connectivity index (χ2v) is 13.7. The largest absolute Gasteiger partial charge is 0.497 e. The average Bonchev–Trinajstić information content (AvgIpc) is 2.94. The lowest BCUT2D eigenvalue weighted by Crippen LogP contribution is -2.40. The second kappa shape index (κ2) is 8.15. The maximum atomic E-state index is 14.5. The van der Waals surface area contributed by atoms with Crippen LogP contribution < -0.4 is 4.74 Å². The number of rotatable bonds is 7. The third-order valence-corrected chi connectivity index (χ3v) is 9.75. The Balaban J connectivity index is 2.41. The minimum Gasteiger partial charge on any atom is -0.497 e. The van der Waals surface area contributed by atoms with Gasteiger partial charge in [-0.05, 0) is 48.7 Å². The Hall–Kier alpha value is -1.66. The van der Waals surface area contributed by atoms with E-state index in [0.717, 1.165) is 17.7 Å². The molecule has 0 amide bonds. The quantitative estimate of drug-likeness (QED) is 0.525. The van der Waals surface area contributed by atoms with Crippen molar-refractivity contribution in [1.29, 1.82) is 0 Å². The normalized spacial score (nSPS) is 12.7. The van der Waals surface area contributed by atoms with Crippen LogP contribution >= 0.6 is 0 Å². The lowest BCUT2D eigenvalue weighted by molar-refractivity contribution is 0.263. The molecule has 0 N–H and O–H groups in total. The minimum absolute atomic E-state index is 0.108. The van der Waals surface area contributed by atoms with Crippen LogP contribution in [0.5, 0.6) is 5.75 Å². The Morgan fingerprint density at radius 2 is 1.89 bits per heavy atom. The van der Waals surface area contributed by atoms with E-state index >= 15 is 0 Å². The van der Waals surface area contributed by atoms with Gasteiger partial charge in [-0.2, -0.15) is 0 Å². The van der Waals surface area contributed by atoms with Crippen molar-refractivity contribution in [2.24, 2.45) is 5.92 Å². The van der Waals surface area contributed by atoms with Crippen LogP contribution in [-0.2, 0) is 17.5 Å². The molecule has 1 heterocycles. The van der Waals surface area contributed by atoms with Gasteiger partial charge in [0.15, 0.2) is 14.1 Å². The molecule has 0 saturated heterocycles. The summed E-state index contributed by atoms with van der Waals surface area (Å²) in [5.74, 6) is 1.07. The molecule has 150 valence electrons. The van der Waals surface area contributed by atoms with Crippen LogP contribution in [0.25, 0.3) is 11.3 Å². The van der Waals surface area contributed by atoms with E-state index in [0.29, 0.717) is 29.6 Å². The van der Waals surface area contributed by atoms with E-state index in [4.69, 9.17) is 13.7 Å². The number of benzene rings is 1. The molecule has 2 rings (SSSR count). The van der Waals surface area contributed by atoms with Crippen molar-refractivity contribution in [2.45, 2.75) is 65.8 Å². The predicted octanol–water partition coefficient (Wildman–Crippen LogP) is 6.21. The molecule has 0 radical (unpaired) electrons. The Morgan fingerprint density at radius 3 is 2.44 bits per heavy atom. The first-order chi connectivity index (χ1) is 12.5. The van der Waals surface area contributed by atoms with Crippen molar-refractivity contribution in [3.05, 3.63) is 35.3 Å². The number of hydrogen-bond donors (Lipinski definition) is 0. The molecule has 2 aromatic rings. The summed E-state index contributed by atoms with van der Waals surface area (Å²) < 4.78 is 31.7. The molecule has 0 aliphatic heterocycles. The summed E-state index contributed by atoms with van der Waals surface area (Å²) in [6.45, 7) is 15.6.